The molecule has 4 aliphatic carbocycles. The molecule has 2 N–H and O–H groups in total. The summed E-state index contributed by atoms with van der Waals surface area (Å²) in [5.41, 5.74) is 6.63. The van der Waals surface area contributed by atoms with Crippen LogP contribution in [0.25, 0.3) is 35.5 Å². The van der Waals surface area contributed by atoms with E-state index in [9.17, 15) is 19.8 Å². The normalized spacial score (nSPS) is 18.5. The zero-order valence-corrected chi connectivity index (χ0v) is 22.3. The van der Waals surface area contributed by atoms with Gasteiger partial charge in [0.25, 0.3) is 0 Å². The quantitative estimate of drug-likeness (QED) is 0.388. The molecule has 4 nitrogen and oxygen atoms in total. The van der Waals surface area contributed by atoms with Crippen LogP contribution in [-0.2, 0) is 9.59 Å². The first-order valence-electron chi connectivity index (χ1n) is 13.7. The third kappa shape index (κ3) is 3.49. The topological polar surface area (TPSA) is 74.6 Å². The van der Waals surface area contributed by atoms with Gasteiger partial charge in [0, 0.05) is 33.4 Å². The molecule has 0 atom stereocenters. The highest BCUT2D eigenvalue weighted by Crippen LogP contribution is 2.47. The third-order valence-electron chi connectivity index (χ3n) is 8.28. The number of ketones is 2. The Kier molecular flexibility index (Phi) is 5.09. The summed E-state index contributed by atoms with van der Waals surface area (Å²) in [4.78, 5) is 28.8. The standard InChI is InChI=1S/C38H22O4/c39-25-13-9-21(10-14-25)17-31-33-27-7-3-1-5-23(27)19-29(33)35(37(31)41)36-30-20-24-6-2-4-8-28(24)34(30)32(38(36)42)18-22-11-15-26(40)16-12-22/h1-20,39-40H/b31-17-,32-18+. The van der Waals surface area contributed by atoms with Crippen molar-refractivity contribution in [3.05, 3.63) is 163 Å². The fraction of sp³-hybridized carbons (Fsp3) is 0. The Morgan fingerprint density at radius 2 is 0.833 bits per heavy atom. The maximum absolute atomic E-state index is 14.4. The Bertz CT molecular complexity index is 2140. The molecule has 4 aromatic carbocycles. The maximum Gasteiger partial charge on any atom is 0.195 e. The van der Waals surface area contributed by atoms with Gasteiger partial charge in [0.2, 0.25) is 0 Å². The number of benzene rings is 4. The van der Waals surface area contributed by atoms with Crippen molar-refractivity contribution in [3.63, 3.8) is 0 Å². The highest BCUT2D eigenvalue weighted by Gasteiger charge is 2.43. The van der Waals surface area contributed by atoms with Gasteiger partial charge in [0.15, 0.2) is 11.6 Å². The van der Waals surface area contributed by atoms with Gasteiger partial charge in [0.1, 0.15) is 11.5 Å². The van der Waals surface area contributed by atoms with Crippen LogP contribution < -0.4 is 20.9 Å². The third-order valence-corrected chi connectivity index (χ3v) is 8.28. The SMILES string of the molecule is O=C1C(C2=C3C=c4ccccc4=C3/C(=C\c3ccc(O)cc3)C2=O)=C2C=c3ccccc3=C2/C1=C/c1ccc(O)cc1. The first-order chi connectivity index (χ1) is 20.5. The second-order valence-electron chi connectivity index (χ2n) is 10.7. The van der Waals surface area contributed by atoms with Gasteiger partial charge >= 0.3 is 0 Å². The molecule has 0 radical (unpaired) electrons. The zero-order chi connectivity index (χ0) is 28.5. The lowest BCUT2D eigenvalue weighted by Crippen LogP contribution is -2.23. The fourth-order valence-corrected chi connectivity index (χ4v) is 6.41. The molecule has 198 valence electrons. The number of rotatable bonds is 3. The van der Waals surface area contributed by atoms with Crippen molar-refractivity contribution in [3.8, 4) is 11.5 Å². The summed E-state index contributed by atoms with van der Waals surface area (Å²) >= 11 is 0. The molecule has 0 saturated carbocycles. The molecular formula is C38H22O4. The number of aromatic hydroxyl groups is 2. The van der Waals surface area contributed by atoms with E-state index in [1.54, 1.807) is 48.5 Å². The van der Waals surface area contributed by atoms with Crippen LogP contribution in [0.2, 0.25) is 0 Å². The van der Waals surface area contributed by atoms with E-state index in [4.69, 9.17) is 0 Å². The number of carbonyl (C=O) groups is 2. The lowest BCUT2D eigenvalue weighted by Gasteiger charge is -2.05. The summed E-state index contributed by atoms with van der Waals surface area (Å²) in [5, 5.41) is 23.5. The van der Waals surface area contributed by atoms with Crippen molar-refractivity contribution in [1.29, 1.82) is 0 Å². The number of allylic oxidation sites excluding steroid dienone is 6. The molecule has 42 heavy (non-hydrogen) atoms. The average Bonchev–Trinajstić information content (AvgIpc) is 3.70. The first-order valence-corrected chi connectivity index (χ1v) is 13.7. The Morgan fingerprint density at radius 3 is 1.24 bits per heavy atom. The van der Waals surface area contributed by atoms with Crippen molar-refractivity contribution in [2.24, 2.45) is 0 Å². The van der Waals surface area contributed by atoms with Gasteiger partial charge in [-0.25, -0.2) is 0 Å². The summed E-state index contributed by atoms with van der Waals surface area (Å²) in [5.74, 6) is -0.0801. The van der Waals surface area contributed by atoms with Crippen LogP contribution in [0.15, 0.2) is 131 Å². The van der Waals surface area contributed by atoms with E-state index in [1.165, 1.54) is 0 Å². The summed E-state index contributed by atoms with van der Waals surface area (Å²) in [6, 6.07) is 29.4. The van der Waals surface area contributed by atoms with E-state index < -0.39 is 0 Å². The molecule has 0 fully saturated rings. The van der Waals surface area contributed by atoms with Crippen molar-refractivity contribution in [2.45, 2.75) is 0 Å². The minimum absolute atomic E-state index is 0.150. The molecule has 0 bridgehead atoms. The summed E-state index contributed by atoms with van der Waals surface area (Å²) in [6.07, 6.45) is 7.71. The van der Waals surface area contributed by atoms with Crippen molar-refractivity contribution in [2.75, 3.05) is 0 Å². The predicted octanol–water partition coefficient (Wildman–Crippen LogP) is 3.61. The van der Waals surface area contributed by atoms with Gasteiger partial charge in [-0.3, -0.25) is 9.59 Å². The van der Waals surface area contributed by atoms with Gasteiger partial charge in [-0.05, 0) is 91.7 Å². The minimum Gasteiger partial charge on any atom is -0.508 e. The monoisotopic (exact) mass is 542 g/mol. The molecular weight excluding hydrogens is 520 g/mol. The zero-order valence-electron chi connectivity index (χ0n) is 22.3. The van der Waals surface area contributed by atoms with E-state index in [1.807, 2.05) is 72.8 Å². The van der Waals surface area contributed by atoms with Gasteiger partial charge in [-0.1, -0.05) is 72.8 Å². The second-order valence-corrected chi connectivity index (χ2v) is 10.7. The Morgan fingerprint density at radius 1 is 0.452 bits per heavy atom. The predicted molar refractivity (Wildman–Crippen MR) is 163 cm³/mol. The maximum atomic E-state index is 14.4. The van der Waals surface area contributed by atoms with Crippen LogP contribution in [0.5, 0.6) is 11.5 Å². The van der Waals surface area contributed by atoms with Gasteiger partial charge < -0.3 is 10.2 Å². The Hall–Kier alpha value is -5.74. The number of phenols is 2. The molecule has 0 spiro atoms. The molecule has 0 amide bonds. The van der Waals surface area contributed by atoms with Crippen LogP contribution in [-0.4, -0.2) is 21.8 Å². The van der Waals surface area contributed by atoms with Crippen molar-refractivity contribution >= 4 is 47.0 Å². The number of hydrogen-bond acceptors (Lipinski definition) is 4. The highest BCUT2D eigenvalue weighted by atomic mass is 16.3. The van der Waals surface area contributed by atoms with E-state index >= 15 is 0 Å². The van der Waals surface area contributed by atoms with Gasteiger partial charge in [-0.15, -0.1) is 0 Å². The Labute approximate surface area is 240 Å². The smallest absolute Gasteiger partial charge is 0.195 e. The minimum atomic E-state index is -0.190. The molecule has 0 unspecified atom stereocenters. The highest BCUT2D eigenvalue weighted by molar-refractivity contribution is 6.41. The van der Waals surface area contributed by atoms with E-state index in [0.717, 1.165) is 54.3 Å². The summed E-state index contributed by atoms with van der Waals surface area (Å²) < 4.78 is 0. The molecule has 4 aromatic rings. The van der Waals surface area contributed by atoms with E-state index in [-0.39, 0.29) is 23.1 Å². The number of Topliss-reactive ketones (excluding diaryl/α,β-unsaturated/α-hetero) is 2. The van der Waals surface area contributed by atoms with Crippen molar-refractivity contribution in [1.82, 2.24) is 0 Å². The van der Waals surface area contributed by atoms with Crippen molar-refractivity contribution < 1.29 is 19.8 Å². The molecule has 0 aliphatic heterocycles. The molecule has 0 heterocycles. The second kappa shape index (κ2) is 8.88. The molecule has 0 aromatic heterocycles. The van der Waals surface area contributed by atoms with Gasteiger partial charge in [-0.2, -0.15) is 0 Å². The number of fused-ring (bicyclic) bond motifs is 4. The molecule has 4 aliphatic rings. The molecule has 8 rings (SSSR count). The molecule has 0 saturated heterocycles. The first kappa shape index (κ1) is 24.1. The number of hydrogen-bond donors (Lipinski definition) is 2. The summed E-state index contributed by atoms with van der Waals surface area (Å²) in [6.45, 7) is 0. The van der Waals surface area contributed by atoms with Crippen LogP contribution in [0.4, 0.5) is 0 Å². The Balaban J connectivity index is 1.40. The lowest BCUT2D eigenvalue weighted by molar-refractivity contribution is -0.114. The number of phenolic OH excluding ortho intramolecular Hbond substituents is 2. The molecule has 4 heteroatoms. The largest absolute Gasteiger partial charge is 0.508 e. The van der Waals surface area contributed by atoms with E-state index in [2.05, 4.69) is 0 Å². The lowest BCUT2D eigenvalue weighted by atomic mass is 9.95. The van der Waals surface area contributed by atoms with Crippen LogP contribution in [0.1, 0.15) is 11.1 Å². The van der Waals surface area contributed by atoms with E-state index in [0.29, 0.717) is 22.3 Å². The van der Waals surface area contributed by atoms with Crippen LogP contribution in [0, 0.1) is 0 Å². The van der Waals surface area contributed by atoms with Crippen LogP contribution in [0.3, 0.4) is 0 Å². The van der Waals surface area contributed by atoms with Crippen LogP contribution >= 0.6 is 0 Å². The number of carbonyl (C=O) groups excluding carboxylic acids is 2. The summed E-state index contributed by atoms with van der Waals surface area (Å²) in [7, 11) is 0. The average molecular weight is 543 g/mol. The fourth-order valence-electron chi connectivity index (χ4n) is 6.41. The van der Waals surface area contributed by atoms with Gasteiger partial charge in [0.05, 0.1) is 0 Å².